The first-order valence-corrected chi connectivity index (χ1v) is 2.72. The highest BCUT2D eigenvalue weighted by molar-refractivity contribution is 8.14. The van der Waals surface area contributed by atoms with E-state index in [1.165, 1.54) is 11.9 Å². The largest absolute Gasteiger partial charge is 0.317 e. The minimum atomic E-state index is 0.968. The smallest absolute Gasteiger partial charge is 0.0713 e. The van der Waals surface area contributed by atoms with Crippen LogP contribution in [0.2, 0.25) is 0 Å². The third kappa shape index (κ3) is 0.830. The van der Waals surface area contributed by atoms with Gasteiger partial charge in [-0.15, -0.1) is 12.6 Å². The number of hydrazine groups is 1. The Hall–Kier alpha value is 0.200. The van der Waals surface area contributed by atoms with Gasteiger partial charge in [0.1, 0.15) is 0 Å². The third-order valence-electron chi connectivity index (χ3n) is 0.410. The van der Waals surface area contributed by atoms with Crippen LogP contribution in [0.5, 0.6) is 0 Å². The van der Waals surface area contributed by atoms with Crippen molar-refractivity contribution >= 4 is 24.6 Å². The quantitative estimate of drug-likeness (QED) is 0.320. The van der Waals surface area contributed by atoms with Crippen molar-refractivity contribution in [1.82, 2.24) is 10.3 Å². The van der Waals surface area contributed by atoms with Crippen molar-refractivity contribution in [3.05, 3.63) is 10.4 Å². The fourth-order valence-corrected chi connectivity index (χ4v) is 0.744. The molecule has 0 fully saturated rings. The maximum atomic E-state index is 3.99. The van der Waals surface area contributed by atoms with E-state index < -0.39 is 0 Å². The van der Waals surface area contributed by atoms with E-state index in [9.17, 15) is 0 Å². The van der Waals surface area contributed by atoms with Crippen molar-refractivity contribution in [3.8, 4) is 0 Å². The highest BCUT2D eigenvalue weighted by atomic mass is 32.2. The Labute approximate surface area is 45.9 Å². The lowest BCUT2D eigenvalue weighted by molar-refractivity contribution is 0.896. The molecule has 0 saturated carbocycles. The monoisotopic (exact) mass is 120 g/mol. The zero-order valence-corrected chi connectivity index (χ0v) is 4.64. The van der Waals surface area contributed by atoms with Gasteiger partial charge >= 0.3 is 0 Å². The van der Waals surface area contributed by atoms with Crippen LogP contribution in [0.4, 0.5) is 0 Å². The molecule has 2 N–H and O–H groups in total. The Kier molecular flexibility index (Phi) is 1.29. The second-order valence-corrected chi connectivity index (χ2v) is 2.46. The molecule has 0 aromatic carbocycles. The molecule has 0 amide bonds. The molecule has 0 radical (unpaired) electrons. The summed E-state index contributed by atoms with van der Waals surface area (Å²) in [6, 6.07) is 0. The predicted molar refractivity (Wildman–Crippen MR) is 30.9 cm³/mol. The zero-order valence-electron chi connectivity index (χ0n) is 2.93. The molecule has 0 aliphatic carbocycles. The molecule has 0 atom stereocenters. The molecule has 34 valence electrons. The number of hydrogen-bond donors (Lipinski definition) is 3. The Morgan fingerprint density at radius 3 is 2.83 bits per heavy atom. The number of hydrogen-bond acceptors (Lipinski definition) is 4. The number of thiol groups is 1. The summed E-state index contributed by atoms with van der Waals surface area (Å²) < 4.78 is 0.968. The van der Waals surface area contributed by atoms with Gasteiger partial charge in [0.15, 0.2) is 0 Å². The summed E-state index contributed by atoms with van der Waals surface area (Å²) in [4.78, 5) is 2.77. The van der Waals surface area contributed by atoms with Crippen LogP contribution in [0, 0.1) is 0 Å². The standard InChI is InChI=1S/C2H4N2S2/c5-2-1-3-4-6-2/h1,3-5H. The molecule has 1 rings (SSSR count). The summed E-state index contributed by atoms with van der Waals surface area (Å²) in [6.45, 7) is 0. The van der Waals surface area contributed by atoms with E-state index >= 15 is 0 Å². The van der Waals surface area contributed by atoms with E-state index in [1.807, 2.05) is 0 Å². The molecular weight excluding hydrogens is 116 g/mol. The van der Waals surface area contributed by atoms with Gasteiger partial charge in [-0.1, -0.05) is 0 Å². The first-order valence-electron chi connectivity index (χ1n) is 1.46. The van der Waals surface area contributed by atoms with Crippen LogP contribution in [0.25, 0.3) is 0 Å². The highest BCUT2D eigenvalue weighted by Gasteiger charge is 1.94. The van der Waals surface area contributed by atoms with E-state index in [2.05, 4.69) is 22.9 Å². The lowest BCUT2D eigenvalue weighted by Gasteiger charge is -1.83. The summed E-state index contributed by atoms with van der Waals surface area (Å²) in [6.07, 6.45) is 1.79. The van der Waals surface area contributed by atoms with Gasteiger partial charge in [0.05, 0.1) is 4.24 Å². The van der Waals surface area contributed by atoms with Crippen molar-refractivity contribution < 1.29 is 0 Å². The first-order chi connectivity index (χ1) is 2.89. The fourth-order valence-electron chi connectivity index (χ4n) is 0.202. The van der Waals surface area contributed by atoms with Gasteiger partial charge in [0.25, 0.3) is 0 Å². The fraction of sp³-hybridized carbons (Fsp3) is 0. The average molecular weight is 120 g/mol. The van der Waals surface area contributed by atoms with Crippen LogP contribution in [0.15, 0.2) is 10.4 Å². The Morgan fingerprint density at radius 1 is 1.83 bits per heavy atom. The van der Waals surface area contributed by atoms with Gasteiger partial charge in [-0.05, 0) is 11.9 Å². The van der Waals surface area contributed by atoms with Gasteiger partial charge in [0.2, 0.25) is 0 Å². The van der Waals surface area contributed by atoms with Gasteiger partial charge in [-0.2, -0.15) is 4.83 Å². The molecule has 6 heavy (non-hydrogen) atoms. The maximum Gasteiger partial charge on any atom is 0.0713 e. The van der Waals surface area contributed by atoms with Gasteiger partial charge < -0.3 is 5.43 Å². The van der Waals surface area contributed by atoms with Crippen molar-refractivity contribution in [2.24, 2.45) is 0 Å². The number of rotatable bonds is 0. The molecule has 0 spiro atoms. The molecule has 0 aromatic heterocycles. The molecule has 0 bridgehead atoms. The Balaban J connectivity index is 2.45. The molecule has 0 saturated heterocycles. The average Bonchev–Trinajstić information content (AvgIpc) is 1.86. The Morgan fingerprint density at radius 2 is 2.67 bits per heavy atom. The van der Waals surface area contributed by atoms with E-state index in [1.54, 1.807) is 6.20 Å². The normalized spacial score (nSPS) is 19.8. The van der Waals surface area contributed by atoms with E-state index in [0.29, 0.717) is 0 Å². The topological polar surface area (TPSA) is 24.1 Å². The van der Waals surface area contributed by atoms with Crippen LogP contribution >= 0.6 is 24.6 Å². The van der Waals surface area contributed by atoms with Crippen LogP contribution in [0.1, 0.15) is 0 Å². The van der Waals surface area contributed by atoms with E-state index in [4.69, 9.17) is 0 Å². The van der Waals surface area contributed by atoms with Crippen LogP contribution in [-0.4, -0.2) is 0 Å². The summed E-state index contributed by atoms with van der Waals surface area (Å²) >= 11 is 5.45. The summed E-state index contributed by atoms with van der Waals surface area (Å²) in [5, 5.41) is 0. The first kappa shape index (κ1) is 4.36. The van der Waals surface area contributed by atoms with Crippen LogP contribution < -0.4 is 10.3 Å². The van der Waals surface area contributed by atoms with Crippen molar-refractivity contribution in [1.29, 1.82) is 0 Å². The maximum absolute atomic E-state index is 3.99. The van der Waals surface area contributed by atoms with E-state index in [0.717, 1.165) is 4.24 Å². The molecule has 2 nitrogen and oxygen atoms in total. The summed E-state index contributed by atoms with van der Waals surface area (Å²) in [5.41, 5.74) is 2.75. The van der Waals surface area contributed by atoms with Crippen molar-refractivity contribution in [3.63, 3.8) is 0 Å². The second-order valence-electron chi connectivity index (χ2n) is 0.831. The summed E-state index contributed by atoms with van der Waals surface area (Å²) in [5.74, 6) is 0. The molecule has 1 aliphatic rings. The molecular formula is C2H4N2S2. The third-order valence-corrected chi connectivity index (χ3v) is 1.36. The lowest BCUT2D eigenvalue weighted by atomic mass is 11.1. The second kappa shape index (κ2) is 1.77. The lowest BCUT2D eigenvalue weighted by Crippen LogP contribution is -2.11. The van der Waals surface area contributed by atoms with Crippen LogP contribution in [-0.2, 0) is 0 Å². The van der Waals surface area contributed by atoms with Crippen molar-refractivity contribution in [2.75, 3.05) is 0 Å². The molecule has 1 heterocycles. The predicted octanol–water partition coefficient (Wildman–Crippen LogP) is 0.471. The highest BCUT2D eigenvalue weighted by Crippen LogP contribution is 2.16. The summed E-state index contributed by atoms with van der Waals surface area (Å²) in [7, 11) is 0. The minimum absolute atomic E-state index is 0.968. The number of nitrogens with one attached hydrogen (secondary N) is 2. The van der Waals surface area contributed by atoms with Gasteiger partial charge in [-0.3, -0.25) is 0 Å². The Bertz CT molecular complexity index is 79.6. The van der Waals surface area contributed by atoms with E-state index in [-0.39, 0.29) is 0 Å². The van der Waals surface area contributed by atoms with Gasteiger partial charge in [-0.25, -0.2) is 0 Å². The van der Waals surface area contributed by atoms with Crippen LogP contribution in [0.3, 0.4) is 0 Å². The minimum Gasteiger partial charge on any atom is -0.317 e. The van der Waals surface area contributed by atoms with Crippen molar-refractivity contribution in [2.45, 2.75) is 0 Å². The zero-order chi connectivity index (χ0) is 4.41. The molecule has 0 aromatic rings. The molecule has 4 heteroatoms. The SMILES string of the molecule is SC1=CNNS1. The molecule has 0 unspecified atom stereocenters. The molecule has 1 aliphatic heterocycles. The van der Waals surface area contributed by atoms with Gasteiger partial charge in [0, 0.05) is 6.20 Å².